The van der Waals surface area contributed by atoms with E-state index >= 15 is 0 Å². The number of aliphatic hydroxyl groups excluding tert-OH is 2. The van der Waals surface area contributed by atoms with Crippen LogP contribution < -0.4 is 5.32 Å². The molecule has 2 atom stereocenters. The molecule has 0 aromatic rings. The normalized spacial score (nSPS) is 12.8. The Kier molecular flexibility index (Phi) is 42.2. The summed E-state index contributed by atoms with van der Waals surface area (Å²) < 4.78 is 5.43. The molecule has 0 spiro atoms. The van der Waals surface area contributed by atoms with Gasteiger partial charge in [-0.25, -0.2) is 0 Å². The second kappa shape index (κ2) is 43.3. The Morgan fingerprint density at radius 2 is 0.887 bits per heavy atom. The average molecular weight is 750 g/mol. The van der Waals surface area contributed by atoms with Gasteiger partial charge in [-0.2, -0.15) is 0 Å². The summed E-state index contributed by atoms with van der Waals surface area (Å²) >= 11 is 0. The van der Waals surface area contributed by atoms with E-state index in [9.17, 15) is 19.8 Å². The lowest BCUT2D eigenvalue weighted by Gasteiger charge is -2.22. The van der Waals surface area contributed by atoms with E-state index in [0.29, 0.717) is 25.9 Å². The van der Waals surface area contributed by atoms with E-state index in [0.717, 1.165) is 77.0 Å². The molecule has 0 aliphatic rings. The maximum absolute atomic E-state index is 12.4. The number of ether oxygens (including phenoxy) is 1. The molecular weight excluding hydrogens is 659 g/mol. The standard InChI is InChI=1S/C47H91NO5/c1-3-5-7-9-11-13-15-16-17-18-19-20-25-29-33-37-41-47(52)53-42-38-34-30-26-22-21-24-28-32-36-40-46(51)48-44(43-49)45(50)39-35-31-27-23-14-12-10-8-6-4-2/h22,26,44-45,49-50H,3-21,23-25,27-43H2,1-2H3,(H,48,51)/b26-22-. The topological polar surface area (TPSA) is 95.9 Å². The number of hydrogen-bond donors (Lipinski definition) is 3. The second-order valence-electron chi connectivity index (χ2n) is 16.1. The first-order valence-electron chi connectivity index (χ1n) is 23.4. The van der Waals surface area contributed by atoms with Gasteiger partial charge in [-0.15, -0.1) is 0 Å². The van der Waals surface area contributed by atoms with Crippen LogP contribution in [0.25, 0.3) is 0 Å². The van der Waals surface area contributed by atoms with E-state index in [1.807, 2.05) is 0 Å². The van der Waals surface area contributed by atoms with Crippen LogP contribution in [0.1, 0.15) is 251 Å². The fraction of sp³-hybridized carbons (Fsp3) is 0.915. The molecule has 0 aliphatic heterocycles. The first kappa shape index (κ1) is 51.6. The maximum Gasteiger partial charge on any atom is 0.305 e. The molecule has 0 heterocycles. The van der Waals surface area contributed by atoms with E-state index in [-0.39, 0.29) is 18.5 Å². The summed E-state index contributed by atoms with van der Waals surface area (Å²) in [5, 5.41) is 23.0. The molecule has 3 N–H and O–H groups in total. The number of esters is 1. The summed E-state index contributed by atoms with van der Waals surface area (Å²) in [4.78, 5) is 24.4. The molecule has 0 saturated carbocycles. The van der Waals surface area contributed by atoms with Gasteiger partial charge in [-0.05, 0) is 51.4 Å². The van der Waals surface area contributed by atoms with Crippen LogP contribution in [0.15, 0.2) is 12.2 Å². The largest absolute Gasteiger partial charge is 0.466 e. The van der Waals surface area contributed by atoms with Crippen molar-refractivity contribution in [2.45, 2.75) is 264 Å². The third-order valence-corrected chi connectivity index (χ3v) is 10.8. The van der Waals surface area contributed by atoms with Crippen LogP contribution in [0.4, 0.5) is 0 Å². The predicted octanol–water partition coefficient (Wildman–Crippen LogP) is 13.4. The van der Waals surface area contributed by atoms with Crippen molar-refractivity contribution in [3.8, 4) is 0 Å². The second-order valence-corrected chi connectivity index (χ2v) is 16.1. The molecule has 1 amide bonds. The molecule has 0 aliphatic carbocycles. The van der Waals surface area contributed by atoms with Gasteiger partial charge in [0.2, 0.25) is 5.91 Å². The lowest BCUT2D eigenvalue weighted by atomic mass is 10.0. The summed E-state index contributed by atoms with van der Waals surface area (Å²) in [5.74, 6) is -0.106. The molecule has 6 heteroatoms. The zero-order chi connectivity index (χ0) is 38.7. The van der Waals surface area contributed by atoms with Gasteiger partial charge in [0.15, 0.2) is 0 Å². The number of unbranched alkanes of at least 4 members (excludes halogenated alkanes) is 30. The quantitative estimate of drug-likeness (QED) is 0.0328. The SMILES string of the molecule is CCCCCCCCCCCCCCCCCCC(=O)OCCCC/C=C\CCCCCCC(=O)NC(CO)C(O)CCCCCCCCCCCC. The molecule has 314 valence electrons. The first-order valence-corrected chi connectivity index (χ1v) is 23.4. The minimum Gasteiger partial charge on any atom is -0.466 e. The van der Waals surface area contributed by atoms with Crippen LogP contribution in [0.3, 0.4) is 0 Å². The molecule has 0 aromatic heterocycles. The van der Waals surface area contributed by atoms with Crippen LogP contribution in [0.2, 0.25) is 0 Å². The molecule has 53 heavy (non-hydrogen) atoms. The summed E-state index contributed by atoms with van der Waals surface area (Å²) in [5.41, 5.74) is 0. The molecule has 0 aromatic carbocycles. The smallest absolute Gasteiger partial charge is 0.305 e. The van der Waals surface area contributed by atoms with Crippen molar-refractivity contribution >= 4 is 11.9 Å². The van der Waals surface area contributed by atoms with Crippen molar-refractivity contribution in [3.63, 3.8) is 0 Å². The average Bonchev–Trinajstić information content (AvgIpc) is 3.16. The number of rotatable bonds is 43. The molecule has 0 fully saturated rings. The van der Waals surface area contributed by atoms with Gasteiger partial charge in [0.05, 0.1) is 25.4 Å². The van der Waals surface area contributed by atoms with E-state index in [4.69, 9.17) is 4.74 Å². The maximum atomic E-state index is 12.4. The van der Waals surface area contributed by atoms with Crippen molar-refractivity contribution in [2.24, 2.45) is 0 Å². The Morgan fingerprint density at radius 1 is 0.509 bits per heavy atom. The Morgan fingerprint density at radius 3 is 1.34 bits per heavy atom. The number of allylic oxidation sites excluding steroid dienone is 2. The van der Waals surface area contributed by atoms with Crippen molar-refractivity contribution in [3.05, 3.63) is 12.2 Å². The summed E-state index contributed by atoms with van der Waals surface area (Å²) in [6.45, 7) is 4.85. The molecular formula is C47H91NO5. The Balaban J connectivity index is 3.49. The zero-order valence-electron chi connectivity index (χ0n) is 35.5. The molecule has 6 nitrogen and oxygen atoms in total. The van der Waals surface area contributed by atoms with Crippen LogP contribution in [0, 0.1) is 0 Å². The van der Waals surface area contributed by atoms with Gasteiger partial charge in [-0.1, -0.05) is 199 Å². The van der Waals surface area contributed by atoms with E-state index in [1.54, 1.807) is 0 Å². The fourth-order valence-electron chi connectivity index (χ4n) is 7.16. The van der Waals surface area contributed by atoms with Gasteiger partial charge in [-0.3, -0.25) is 9.59 Å². The summed E-state index contributed by atoms with van der Waals surface area (Å²) in [7, 11) is 0. The summed E-state index contributed by atoms with van der Waals surface area (Å²) in [6, 6.07) is -0.563. The van der Waals surface area contributed by atoms with Crippen LogP contribution in [-0.2, 0) is 14.3 Å². The first-order chi connectivity index (χ1) is 26.0. The molecule has 2 unspecified atom stereocenters. The minimum atomic E-state index is -0.682. The van der Waals surface area contributed by atoms with Gasteiger partial charge in [0.25, 0.3) is 0 Å². The third-order valence-electron chi connectivity index (χ3n) is 10.8. The Bertz CT molecular complexity index is 787. The van der Waals surface area contributed by atoms with Crippen molar-refractivity contribution < 1.29 is 24.5 Å². The van der Waals surface area contributed by atoms with Crippen molar-refractivity contribution in [2.75, 3.05) is 13.2 Å². The van der Waals surface area contributed by atoms with Crippen molar-refractivity contribution in [1.29, 1.82) is 0 Å². The summed E-state index contributed by atoms with van der Waals surface area (Å²) in [6.07, 6.45) is 47.5. The van der Waals surface area contributed by atoms with Gasteiger partial charge >= 0.3 is 5.97 Å². The van der Waals surface area contributed by atoms with Crippen LogP contribution in [-0.4, -0.2) is 47.4 Å². The number of amides is 1. The number of aliphatic hydroxyl groups is 2. The monoisotopic (exact) mass is 750 g/mol. The number of hydrogen-bond acceptors (Lipinski definition) is 5. The Hall–Kier alpha value is -1.40. The highest BCUT2D eigenvalue weighted by molar-refractivity contribution is 5.76. The van der Waals surface area contributed by atoms with E-state index in [1.165, 1.54) is 141 Å². The third kappa shape index (κ3) is 40.1. The molecule has 0 radical (unpaired) electrons. The highest BCUT2D eigenvalue weighted by atomic mass is 16.5. The highest BCUT2D eigenvalue weighted by Crippen LogP contribution is 2.16. The predicted molar refractivity (Wildman–Crippen MR) is 227 cm³/mol. The number of nitrogens with one attached hydrogen (secondary N) is 1. The molecule has 0 rings (SSSR count). The number of carbonyl (C=O) groups excluding carboxylic acids is 2. The van der Waals surface area contributed by atoms with Gasteiger partial charge in [0.1, 0.15) is 0 Å². The molecule has 0 bridgehead atoms. The number of carbonyl (C=O) groups is 2. The van der Waals surface area contributed by atoms with Crippen LogP contribution in [0.5, 0.6) is 0 Å². The fourth-order valence-corrected chi connectivity index (χ4v) is 7.16. The van der Waals surface area contributed by atoms with E-state index < -0.39 is 12.1 Å². The lowest BCUT2D eigenvalue weighted by Crippen LogP contribution is -2.45. The van der Waals surface area contributed by atoms with Gasteiger partial charge < -0.3 is 20.3 Å². The van der Waals surface area contributed by atoms with Crippen molar-refractivity contribution in [1.82, 2.24) is 5.32 Å². The highest BCUT2D eigenvalue weighted by Gasteiger charge is 2.20. The Labute approximate surface area is 329 Å². The molecule has 0 saturated heterocycles. The lowest BCUT2D eigenvalue weighted by molar-refractivity contribution is -0.143. The zero-order valence-corrected chi connectivity index (χ0v) is 35.5. The van der Waals surface area contributed by atoms with Gasteiger partial charge in [0, 0.05) is 12.8 Å². The van der Waals surface area contributed by atoms with E-state index in [2.05, 4.69) is 31.3 Å². The minimum absolute atomic E-state index is 0.0335. The van der Waals surface area contributed by atoms with Crippen LogP contribution >= 0.6 is 0 Å².